The minimum absolute atomic E-state index is 0.0776. The summed E-state index contributed by atoms with van der Waals surface area (Å²) in [6.07, 6.45) is 0.116. The van der Waals surface area contributed by atoms with E-state index in [1.165, 1.54) is 4.31 Å². The number of nitrogens with zero attached hydrogens (tertiary/aromatic N) is 2. The normalized spacial score (nSPS) is 13.6. The van der Waals surface area contributed by atoms with E-state index in [1.807, 2.05) is 78.9 Å². The average molecular weight is 437 g/mol. The summed E-state index contributed by atoms with van der Waals surface area (Å²) in [7, 11) is -3.50. The van der Waals surface area contributed by atoms with Crippen molar-refractivity contribution >= 4 is 15.7 Å². The summed E-state index contributed by atoms with van der Waals surface area (Å²) in [5, 5.41) is 14.7. The summed E-state index contributed by atoms with van der Waals surface area (Å²) < 4.78 is 25.6. The highest BCUT2D eigenvalue weighted by molar-refractivity contribution is 7.88. The first-order chi connectivity index (χ1) is 14.9. The van der Waals surface area contributed by atoms with E-state index in [-0.39, 0.29) is 19.7 Å². The summed E-state index contributed by atoms with van der Waals surface area (Å²) >= 11 is 0. The number of sulfonamides is 1. The van der Waals surface area contributed by atoms with Gasteiger partial charge in [0.05, 0.1) is 6.26 Å². The van der Waals surface area contributed by atoms with Crippen molar-refractivity contribution in [3.63, 3.8) is 0 Å². The van der Waals surface area contributed by atoms with E-state index in [0.29, 0.717) is 5.71 Å². The quantitative estimate of drug-likeness (QED) is 0.430. The zero-order chi connectivity index (χ0) is 21.8. The van der Waals surface area contributed by atoms with Crippen molar-refractivity contribution in [2.24, 2.45) is 5.16 Å². The summed E-state index contributed by atoms with van der Waals surface area (Å²) in [5.74, 6) is 0. The van der Waals surface area contributed by atoms with Crippen LogP contribution in [0.2, 0.25) is 0 Å². The van der Waals surface area contributed by atoms with Crippen LogP contribution in [0.5, 0.6) is 0 Å². The molecule has 0 bridgehead atoms. The maximum absolute atomic E-state index is 12.2. The van der Waals surface area contributed by atoms with E-state index in [1.54, 1.807) is 0 Å². The van der Waals surface area contributed by atoms with Crippen LogP contribution in [-0.4, -0.2) is 49.1 Å². The third-order valence-electron chi connectivity index (χ3n) is 5.16. The number of aliphatic hydroxyl groups is 1. The summed E-state index contributed by atoms with van der Waals surface area (Å²) in [6.45, 7) is -0.00754. The van der Waals surface area contributed by atoms with Crippen molar-refractivity contribution in [1.29, 1.82) is 0 Å². The van der Waals surface area contributed by atoms with Crippen LogP contribution in [0, 0.1) is 0 Å². The SMILES string of the molecule is CS(=O)(=O)N(Cc1ccccc1)C[C@@H](O)CON=C1c2ccccc2-c2ccccc21. The molecule has 6 nitrogen and oxygen atoms in total. The lowest BCUT2D eigenvalue weighted by molar-refractivity contribution is 0.0302. The molecule has 0 heterocycles. The van der Waals surface area contributed by atoms with Crippen molar-refractivity contribution in [2.45, 2.75) is 12.6 Å². The van der Waals surface area contributed by atoms with Crippen LogP contribution in [0.15, 0.2) is 84.0 Å². The number of aliphatic hydroxyl groups excluding tert-OH is 1. The Morgan fingerprint density at radius 1 is 0.871 bits per heavy atom. The maximum atomic E-state index is 12.2. The Hall–Kier alpha value is -3.00. The predicted molar refractivity (Wildman–Crippen MR) is 121 cm³/mol. The van der Waals surface area contributed by atoms with Crippen LogP contribution in [0.4, 0.5) is 0 Å². The highest BCUT2D eigenvalue weighted by Crippen LogP contribution is 2.36. The molecule has 160 valence electrons. The van der Waals surface area contributed by atoms with Gasteiger partial charge in [-0.2, -0.15) is 4.31 Å². The number of rotatable bonds is 8. The Morgan fingerprint density at radius 2 is 1.39 bits per heavy atom. The molecule has 1 aliphatic carbocycles. The molecule has 0 saturated carbocycles. The largest absolute Gasteiger partial charge is 0.392 e. The number of oxime groups is 1. The second-order valence-corrected chi connectivity index (χ2v) is 9.50. The van der Waals surface area contributed by atoms with Crippen LogP contribution < -0.4 is 0 Å². The number of hydrogen-bond donors (Lipinski definition) is 1. The Balaban J connectivity index is 1.45. The molecule has 1 atom stereocenters. The fraction of sp³-hybridized carbons (Fsp3) is 0.208. The van der Waals surface area contributed by atoms with E-state index in [0.717, 1.165) is 34.1 Å². The molecular weight excluding hydrogens is 412 g/mol. The highest BCUT2D eigenvalue weighted by atomic mass is 32.2. The number of fused-ring (bicyclic) bond motifs is 3. The standard InChI is InChI=1S/C24H24N2O4S/c1-31(28,29)26(15-18-9-3-2-4-10-18)16-19(27)17-30-25-24-22-13-7-5-11-20(22)21-12-6-8-14-23(21)24/h2-14,19,27H,15-17H2,1H3/t19-/m1/s1. The van der Waals surface area contributed by atoms with Crippen LogP contribution in [0.25, 0.3) is 11.1 Å². The minimum atomic E-state index is -3.50. The molecule has 0 amide bonds. The molecule has 31 heavy (non-hydrogen) atoms. The molecule has 4 rings (SSSR count). The third kappa shape index (κ3) is 4.85. The first kappa shape index (κ1) is 21.2. The van der Waals surface area contributed by atoms with Gasteiger partial charge in [-0.15, -0.1) is 0 Å². The molecule has 0 saturated heterocycles. The lowest BCUT2D eigenvalue weighted by atomic mass is 10.1. The molecule has 0 radical (unpaired) electrons. The molecule has 1 N–H and O–H groups in total. The van der Waals surface area contributed by atoms with Gasteiger partial charge in [0.1, 0.15) is 18.4 Å². The van der Waals surface area contributed by atoms with Gasteiger partial charge in [0.25, 0.3) is 0 Å². The third-order valence-corrected chi connectivity index (χ3v) is 6.38. The maximum Gasteiger partial charge on any atom is 0.211 e. The van der Waals surface area contributed by atoms with Gasteiger partial charge in [-0.1, -0.05) is 84.0 Å². The molecule has 0 spiro atoms. The van der Waals surface area contributed by atoms with E-state index < -0.39 is 16.1 Å². The minimum Gasteiger partial charge on any atom is -0.392 e. The fourth-order valence-corrected chi connectivity index (χ4v) is 4.50. The smallest absolute Gasteiger partial charge is 0.211 e. The molecule has 0 unspecified atom stereocenters. The Kier molecular flexibility index (Phi) is 6.18. The zero-order valence-electron chi connectivity index (χ0n) is 17.2. The topological polar surface area (TPSA) is 79.2 Å². The highest BCUT2D eigenvalue weighted by Gasteiger charge is 2.25. The van der Waals surface area contributed by atoms with E-state index in [2.05, 4.69) is 5.16 Å². The predicted octanol–water partition coefficient (Wildman–Crippen LogP) is 3.26. The number of hydrogen-bond acceptors (Lipinski definition) is 5. The summed E-state index contributed by atoms with van der Waals surface area (Å²) in [4.78, 5) is 5.47. The molecule has 0 fully saturated rings. The summed E-state index contributed by atoms with van der Waals surface area (Å²) in [5.41, 5.74) is 5.68. The van der Waals surface area contributed by atoms with Crippen molar-refractivity contribution < 1.29 is 18.4 Å². The summed E-state index contributed by atoms with van der Waals surface area (Å²) in [6, 6.07) is 25.2. The van der Waals surface area contributed by atoms with Crippen LogP contribution in [0.3, 0.4) is 0 Å². The van der Waals surface area contributed by atoms with E-state index in [4.69, 9.17) is 4.84 Å². The number of benzene rings is 3. The van der Waals surface area contributed by atoms with Gasteiger partial charge in [-0.05, 0) is 16.7 Å². The Bertz CT molecular complexity index is 1150. The van der Waals surface area contributed by atoms with Crippen LogP contribution in [-0.2, 0) is 21.4 Å². The van der Waals surface area contributed by atoms with Gasteiger partial charge in [0, 0.05) is 24.2 Å². The Labute approximate surface area is 182 Å². The van der Waals surface area contributed by atoms with Gasteiger partial charge < -0.3 is 9.94 Å². The van der Waals surface area contributed by atoms with E-state index in [9.17, 15) is 13.5 Å². The molecule has 7 heteroatoms. The van der Waals surface area contributed by atoms with Crippen molar-refractivity contribution in [2.75, 3.05) is 19.4 Å². The Morgan fingerprint density at radius 3 is 1.94 bits per heavy atom. The van der Waals surface area contributed by atoms with Crippen LogP contribution in [0.1, 0.15) is 16.7 Å². The van der Waals surface area contributed by atoms with Crippen molar-refractivity contribution in [3.05, 3.63) is 95.6 Å². The molecule has 3 aromatic carbocycles. The fourth-order valence-electron chi connectivity index (χ4n) is 3.67. The van der Waals surface area contributed by atoms with Gasteiger partial charge in [-0.25, -0.2) is 8.42 Å². The lowest BCUT2D eigenvalue weighted by Gasteiger charge is -2.22. The second kappa shape index (κ2) is 9.01. The first-order valence-electron chi connectivity index (χ1n) is 10.00. The molecule has 0 aromatic heterocycles. The molecular formula is C24H24N2O4S. The van der Waals surface area contributed by atoms with Crippen molar-refractivity contribution in [1.82, 2.24) is 4.31 Å². The van der Waals surface area contributed by atoms with Crippen LogP contribution >= 0.6 is 0 Å². The second-order valence-electron chi connectivity index (χ2n) is 7.52. The molecule has 1 aliphatic rings. The van der Waals surface area contributed by atoms with Crippen molar-refractivity contribution in [3.8, 4) is 11.1 Å². The molecule has 0 aliphatic heterocycles. The van der Waals surface area contributed by atoms with Gasteiger partial charge in [-0.3, -0.25) is 0 Å². The van der Waals surface area contributed by atoms with Gasteiger partial charge in [0.2, 0.25) is 10.0 Å². The van der Waals surface area contributed by atoms with E-state index >= 15 is 0 Å². The van der Waals surface area contributed by atoms with Gasteiger partial charge >= 0.3 is 0 Å². The lowest BCUT2D eigenvalue weighted by Crippen LogP contribution is -2.38. The first-order valence-corrected chi connectivity index (χ1v) is 11.8. The average Bonchev–Trinajstić information content (AvgIpc) is 3.08. The monoisotopic (exact) mass is 436 g/mol. The zero-order valence-corrected chi connectivity index (χ0v) is 18.0. The molecule has 3 aromatic rings. The van der Waals surface area contributed by atoms with Gasteiger partial charge in [0.15, 0.2) is 0 Å².